The van der Waals surface area contributed by atoms with Crippen molar-refractivity contribution in [1.82, 2.24) is 10.2 Å². The molecular weight excluding hydrogens is 494 g/mol. The Balaban J connectivity index is 2.62. The van der Waals surface area contributed by atoms with Gasteiger partial charge in [0.2, 0.25) is 5.91 Å². The van der Waals surface area contributed by atoms with Gasteiger partial charge < -0.3 is 25.0 Å². The van der Waals surface area contributed by atoms with Crippen LogP contribution in [0.25, 0.3) is 0 Å². The molecule has 0 aliphatic rings. The summed E-state index contributed by atoms with van der Waals surface area (Å²) in [6.45, 7) is 18.5. The van der Waals surface area contributed by atoms with E-state index >= 15 is 0 Å². The van der Waals surface area contributed by atoms with E-state index in [0.717, 1.165) is 11.1 Å². The third kappa shape index (κ3) is 8.73. The fraction of sp³-hybridized carbons (Fsp3) is 0.516. The van der Waals surface area contributed by atoms with Crippen LogP contribution in [0.5, 0.6) is 5.75 Å². The van der Waals surface area contributed by atoms with Gasteiger partial charge in [0.05, 0.1) is 7.11 Å². The van der Waals surface area contributed by atoms with Gasteiger partial charge in [0.15, 0.2) is 0 Å². The van der Waals surface area contributed by atoms with Crippen LogP contribution in [-0.4, -0.2) is 47.1 Å². The van der Waals surface area contributed by atoms with Gasteiger partial charge in [0.1, 0.15) is 23.4 Å². The second-order valence-corrected chi connectivity index (χ2v) is 12.2. The first-order chi connectivity index (χ1) is 17.9. The molecule has 0 heterocycles. The zero-order valence-electron chi connectivity index (χ0n) is 25.3. The molecule has 0 fully saturated rings. The molecule has 214 valence electrons. The first kappa shape index (κ1) is 31.7. The Morgan fingerprint density at radius 1 is 0.897 bits per heavy atom. The van der Waals surface area contributed by atoms with E-state index < -0.39 is 29.3 Å². The van der Waals surface area contributed by atoms with Crippen molar-refractivity contribution in [2.45, 2.75) is 92.5 Å². The summed E-state index contributed by atoms with van der Waals surface area (Å²) in [5.41, 5.74) is 1.62. The third-order valence-corrected chi connectivity index (χ3v) is 6.16. The van der Waals surface area contributed by atoms with Crippen molar-refractivity contribution < 1.29 is 23.9 Å². The number of carbonyl (C=O) groups excluding carboxylic acids is 3. The molecule has 2 atom stereocenters. The Bertz CT molecular complexity index is 1160. The number of amides is 3. The third-order valence-electron chi connectivity index (χ3n) is 6.16. The van der Waals surface area contributed by atoms with Crippen LogP contribution >= 0.6 is 0 Å². The Labute approximate surface area is 233 Å². The fourth-order valence-electron chi connectivity index (χ4n) is 4.28. The van der Waals surface area contributed by atoms with Crippen LogP contribution in [0, 0.1) is 19.8 Å². The van der Waals surface area contributed by atoms with Gasteiger partial charge in [-0.3, -0.25) is 9.59 Å². The first-order valence-corrected chi connectivity index (χ1v) is 13.3. The van der Waals surface area contributed by atoms with Crippen molar-refractivity contribution >= 4 is 23.6 Å². The molecule has 0 aliphatic carbocycles. The summed E-state index contributed by atoms with van der Waals surface area (Å²) in [6, 6.07) is 11.0. The average molecular weight is 540 g/mol. The van der Waals surface area contributed by atoms with Crippen molar-refractivity contribution in [3.05, 3.63) is 59.2 Å². The van der Waals surface area contributed by atoms with Crippen LogP contribution < -0.4 is 15.4 Å². The van der Waals surface area contributed by atoms with Crippen molar-refractivity contribution in [3.8, 4) is 5.75 Å². The maximum absolute atomic E-state index is 14.3. The lowest BCUT2D eigenvalue weighted by Gasteiger charge is -2.44. The summed E-state index contributed by atoms with van der Waals surface area (Å²) in [5, 5.41) is 5.75. The summed E-state index contributed by atoms with van der Waals surface area (Å²) in [7, 11) is 1.58. The van der Waals surface area contributed by atoms with Crippen molar-refractivity contribution in [1.29, 1.82) is 0 Å². The lowest BCUT2D eigenvalue weighted by atomic mass is 9.90. The number of anilines is 1. The summed E-state index contributed by atoms with van der Waals surface area (Å²) < 4.78 is 10.7. The predicted molar refractivity (Wildman–Crippen MR) is 155 cm³/mol. The summed E-state index contributed by atoms with van der Waals surface area (Å²) >= 11 is 0. The molecule has 0 saturated carbocycles. The van der Waals surface area contributed by atoms with E-state index in [1.807, 2.05) is 66.7 Å². The number of carbonyl (C=O) groups is 3. The molecule has 2 aromatic rings. The van der Waals surface area contributed by atoms with Gasteiger partial charge in [-0.25, -0.2) is 4.79 Å². The van der Waals surface area contributed by atoms with Gasteiger partial charge in [-0.15, -0.1) is 0 Å². The molecule has 2 N–H and O–H groups in total. The lowest BCUT2D eigenvalue weighted by Crippen LogP contribution is -2.59. The van der Waals surface area contributed by atoms with Crippen LogP contribution in [-0.2, 0) is 14.3 Å². The Morgan fingerprint density at radius 2 is 1.49 bits per heavy atom. The topological polar surface area (TPSA) is 97.0 Å². The first-order valence-electron chi connectivity index (χ1n) is 13.3. The number of nitrogens with one attached hydrogen (secondary N) is 2. The van der Waals surface area contributed by atoms with Crippen molar-refractivity contribution in [2.75, 3.05) is 12.4 Å². The monoisotopic (exact) mass is 539 g/mol. The molecule has 2 aromatic carbocycles. The van der Waals surface area contributed by atoms with Crippen LogP contribution in [0.4, 0.5) is 10.5 Å². The molecule has 0 aliphatic heterocycles. The van der Waals surface area contributed by atoms with Gasteiger partial charge in [0.25, 0.3) is 5.91 Å². The number of hydrogen-bond donors (Lipinski definition) is 2. The molecule has 0 spiro atoms. The van der Waals surface area contributed by atoms with E-state index in [2.05, 4.69) is 10.6 Å². The molecule has 0 radical (unpaired) electrons. The number of hydrogen-bond acceptors (Lipinski definition) is 5. The van der Waals surface area contributed by atoms with E-state index in [-0.39, 0.29) is 17.7 Å². The van der Waals surface area contributed by atoms with Gasteiger partial charge in [-0.05, 0) is 96.7 Å². The molecule has 0 saturated heterocycles. The predicted octanol–water partition coefficient (Wildman–Crippen LogP) is 6.17. The van der Waals surface area contributed by atoms with Gasteiger partial charge in [0, 0.05) is 11.2 Å². The molecule has 3 amide bonds. The molecule has 0 bridgehead atoms. The van der Waals surface area contributed by atoms with E-state index in [4.69, 9.17) is 9.47 Å². The van der Waals surface area contributed by atoms with Crippen molar-refractivity contribution in [2.24, 2.45) is 5.92 Å². The molecule has 2 unspecified atom stereocenters. The van der Waals surface area contributed by atoms with Gasteiger partial charge in [-0.1, -0.05) is 37.6 Å². The van der Waals surface area contributed by atoms with E-state index in [0.29, 0.717) is 17.0 Å². The van der Waals surface area contributed by atoms with Crippen molar-refractivity contribution in [3.63, 3.8) is 0 Å². The normalized spacial score (nSPS) is 13.3. The second kappa shape index (κ2) is 12.5. The fourth-order valence-corrected chi connectivity index (χ4v) is 4.28. The minimum absolute atomic E-state index is 0.265. The number of ether oxygens (including phenoxy) is 2. The number of rotatable bonds is 8. The summed E-state index contributed by atoms with van der Waals surface area (Å²) in [6.07, 6.45) is -0.686. The highest BCUT2D eigenvalue weighted by atomic mass is 16.6. The molecule has 0 aromatic heterocycles. The smallest absolute Gasteiger partial charge is 0.408 e. The number of alkyl carbamates (subject to hydrolysis) is 1. The zero-order valence-corrected chi connectivity index (χ0v) is 25.3. The number of methoxy groups -OCH3 is 1. The average Bonchev–Trinajstić information content (AvgIpc) is 2.80. The Kier molecular flexibility index (Phi) is 10.2. The van der Waals surface area contributed by atoms with E-state index in [1.54, 1.807) is 57.0 Å². The quantitative estimate of drug-likeness (QED) is 0.418. The maximum Gasteiger partial charge on any atom is 0.408 e. The lowest BCUT2D eigenvalue weighted by molar-refractivity contribution is -0.147. The number of benzene rings is 2. The molecular formula is C31H45N3O5. The van der Waals surface area contributed by atoms with E-state index in [9.17, 15) is 14.4 Å². The highest BCUT2D eigenvalue weighted by Gasteiger charge is 2.43. The number of nitrogens with zero attached hydrogens (tertiary/aromatic N) is 1. The second-order valence-electron chi connectivity index (χ2n) is 12.2. The standard InChI is InChI=1S/C31H45N3O5/c1-19(2)25(33-29(37)39-31(8,9)10)28(36)34(30(5,6)7)26(24-18-20(3)12-13-21(24)4)27(35)32-22-14-16-23(38-11)17-15-22/h12-19,25-26H,1-11H3,(H,32,35)(H,33,37). The Morgan fingerprint density at radius 3 is 1.97 bits per heavy atom. The summed E-state index contributed by atoms with van der Waals surface area (Å²) in [4.78, 5) is 42.7. The van der Waals surface area contributed by atoms with Crippen LogP contribution in [0.2, 0.25) is 0 Å². The van der Waals surface area contributed by atoms with Gasteiger partial charge in [-0.2, -0.15) is 0 Å². The zero-order chi connectivity index (χ0) is 29.7. The highest BCUT2D eigenvalue weighted by molar-refractivity contribution is 5.99. The molecule has 8 nitrogen and oxygen atoms in total. The Hall–Kier alpha value is -3.55. The SMILES string of the molecule is COc1ccc(NC(=O)C(c2cc(C)ccc2C)N(C(=O)C(NC(=O)OC(C)(C)C)C(C)C)C(C)(C)C)cc1. The van der Waals surface area contributed by atoms with Crippen LogP contribution in [0.3, 0.4) is 0 Å². The molecule has 8 heteroatoms. The van der Waals surface area contributed by atoms with Gasteiger partial charge >= 0.3 is 6.09 Å². The highest BCUT2D eigenvalue weighted by Crippen LogP contribution is 2.34. The summed E-state index contributed by atoms with van der Waals surface area (Å²) in [5.74, 6) is -0.339. The number of aryl methyl sites for hydroxylation is 2. The minimum atomic E-state index is -0.971. The molecule has 39 heavy (non-hydrogen) atoms. The van der Waals surface area contributed by atoms with Crippen LogP contribution in [0.1, 0.15) is 78.1 Å². The largest absolute Gasteiger partial charge is 0.497 e. The van der Waals surface area contributed by atoms with E-state index in [1.165, 1.54) is 0 Å². The maximum atomic E-state index is 14.3. The van der Waals surface area contributed by atoms with Crippen LogP contribution in [0.15, 0.2) is 42.5 Å². The minimum Gasteiger partial charge on any atom is -0.497 e. The molecule has 2 rings (SSSR count).